The number of benzene rings is 2. The van der Waals surface area contributed by atoms with Gasteiger partial charge in [0.1, 0.15) is 11.6 Å². The van der Waals surface area contributed by atoms with Gasteiger partial charge in [-0.05, 0) is 22.9 Å². The summed E-state index contributed by atoms with van der Waals surface area (Å²) in [6.07, 6.45) is 0. The molecule has 1 unspecified atom stereocenters. The Morgan fingerprint density at radius 1 is 1.15 bits per heavy atom. The summed E-state index contributed by atoms with van der Waals surface area (Å²) in [5.74, 6) is 0.817. The van der Waals surface area contributed by atoms with Crippen LogP contribution in [-0.4, -0.2) is 0 Å². The van der Waals surface area contributed by atoms with E-state index in [2.05, 4.69) is 0 Å². The fraction of sp³-hybridized carbons (Fsp3) is 0. The van der Waals surface area contributed by atoms with Crippen molar-refractivity contribution in [2.75, 3.05) is 0 Å². The van der Waals surface area contributed by atoms with Gasteiger partial charge in [0.2, 0.25) is 0 Å². The molecule has 0 spiro atoms. The number of hydrogen-bond acceptors (Lipinski definition) is 2. The van der Waals surface area contributed by atoms with Gasteiger partial charge in [-0.15, -0.1) is 0 Å². The van der Waals surface area contributed by atoms with Gasteiger partial charge in [-0.2, -0.15) is 0 Å². The summed E-state index contributed by atoms with van der Waals surface area (Å²) in [5.41, 5.74) is 1.37. The quantitative estimate of drug-likeness (QED) is 0.628. The Hall–Kier alpha value is -1.28. The monoisotopic (exact) mass is 328 g/mol. The first-order valence-corrected chi connectivity index (χ1v) is 8.71. The molecule has 0 N–H and O–H groups in total. The van der Waals surface area contributed by atoms with Gasteiger partial charge < -0.3 is 4.52 Å². The normalized spacial score (nSPS) is 20.9. The molecule has 2 aromatic rings. The van der Waals surface area contributed by atoms with Crippen LogP contribution in [0.4, 0.5) is 4.39 Å². The minimum absolute atomic E-state index is 0.0923. The second-order valence-electron chi connectivity index (χ2n) is 4.28. The average molecular weight is 329 g/mol. The highest BCUT2D eigenvalue weighted by molar-refractivity contribution is 7.88. The lowest BCUT2D eigenvalue weighted by molar-refractivity contribution is 0.500. The molecule has 1 heterocycles. The summed E-state index contributed by atoms with van der Waals surface area (Å²) in [4.78, 5) is 0. The minimum atomic E-state index is -3.50. The molecule has 0 bridgehead atoms. The van der Waals surface area contributed by atoms with E-state index in [4.69, 9.17) is 27.4 Å². The Kier molecular flexibility index (Phi) is 3.37. The standard InChI is InChI=1S/C14H8Cl2FO2P/c15-10-6-12(17)14-11(9-4-2-1-3-5-9)8-20(16,18)19-13(14)7-10/h1-8H. The lowest BCUT2D eigenvalue weighted by Gasteiger charge is -2.22. The molecule has 1 aliphatic heterocycles. The Morgan fingerprint density at radius 2 is 1.85 bits per heavy atom. The molecule has 0 aromatic heterocycles. The number of fused-ring (bicyclic) bond motifs is 1. The number of halogens is 3. The van der Waals surface area contributed by atoms with Gasteiger partial charge >= 0.3 is 6.72 Å². The largest absolute Gasteiger partial charge is 0.429 e. The molecule has 0 aliphatic carbocycles. The third-order valence-corrected chi connectivity index (χ3v) is 4.61. The first-order chi connectivity index (χ1) is 9.46. The maximum atomic E-state index is 14.2. The molecule has 102 valence electrons. The smallest absolute Gasteiger partial charge is 0.360 e. The molecule has 0 fully saturated rings. The van der Waals surface area contributed by atoms with Crippen LogP contribution >= 0.6 is 29.6 Å². The van der Waals surface area contributed by atoms with Gasteiger partial charge in [0, 0.05) is 22.5 Å². The zero-order valence-corrected chi connectivity index (χ0v) is 12.4. The van der Waals surface area contributed by atoms with Crippen LogP contribution in [-0.2, 0) is 4.57 Å². The average Bonchev–Trinajstić information content (AvgIpc) is 2.36. The van der Waals surface area contributed by atoms with Gasteiger partial charge in [-0.3, -0.25) is 4.57 Å². The maximum absolute atomic E-state index is 14.2. The van der Waals surface area contributed by atoms with E-state index in [1.165, 1.54) is 17.9 Å². The Labute approximate surface area is 125 Å². The van der Waals surface area contributed by atoms with Gasteiger partial charge in [0.05, 0.1) is 5.56 Å². The van der Waals surface area contributed by atoms with E-state index in [0.717, 1.165) is 0 Å². The van der Waals surface area contributed by atoms with Crippen LogP contribution in [0.3, 0.4) is 0 Å². The van der Waals surface area contributed by atoms with Crippen LogP contribution < -0.4 is 4.52 Å². The highest BCUT2D eigenvalue weighted by Gasteiger charge is 2.31. The summed E-state index contributed by atoms with van der Waals surface area (Å²) in [5, 5.41) is 0.159. The summed E-state index contributed by atoms with van der Waals surface area (Å²) >= 11 is 11.6. The third kappa shape index (κ3) is 2.49. The van der Waals surface area contributed by atoms with Crippen molar-refractivity contribution in [1.29, 1.82) is 0 Å². The van der Waals surface area contributed by atoms with E-state index in [-0.39, 0.29) is 16.3 Å². The SMILES string of the molecule is O=P1(Cl)C=C(c2ccccc2)c2c(F)cc(Cl)cc2O1. The summed E-state index contributed by atoms with van der Waals surface area (Å²) < 4.78 is 31.4. The maximum Gasteiger partial charge on any atom is 0.360 e. The highest BCUT2D eigenvalue weighted by atomic mass is 35.7. The van der Waals surface area contributed by atoms with Crippen molar-refractivity contribution in [2.45, 2.75) is 0 Å². The number of hydrogen-bond donors (Lipinski definition) is 0. The van der Waals surface area contributed by atoms with Crippen molar-refractivity contribution < 1.29 is 13.5 Å². The van der Waals surface area contributed by atoms with E-state index < -0.39 is 12.5 Å². The second kappa shape index (κ2) is 4.92. The Morgan fingerprint density at radius 3 is 2.55 bits per heavy atom. The highest BCUT2D eigenvalue weighted by Crippen LogP contribution is 2.61. The summed E-state index contributed by atoms with van der Waals surface area (Å²) in [6.45, 7) is -3.50. The first-order valence-electron chi connectivity index (χ1n) is 5.73. The summed E-state index contributed by atoms with van der Waals surface area (Å²) in [6, 6.07) is 11.6. The summed E-state index contributed by atoms with van der Waals surface area (Å²) in [7, 11) is 0. The van der Waals surface area contributed by atoms with Gasteiger partial charge in [-0.25, -0.2) is 4.39 Å². The van der Waals surface area contributed by atoms with Crippen LogP contribution in [0, 0.1) is 5.82 Å². The number of rotatable bonds is 1. The van der Waals surface area contributed by atoms with Crippen LogP contribution in [0.5, 0.6) is 5.75 Å². The van der Waals surface area contributed by atoms with Crippen molar-refractivity contribution in [3.05, 3.63) is 70.2 Å². The lowest BCUT2D eigenvalue weighted by Crippen LogP contribution is -2.02. The minimum Gasteiger partial charge on any atom is -0.429 e. The zero-order valence-electron chi connectivity index (χ0n) is 10.0. The van der Waals surface area contributed by atoms with Crippen molar-refractivity contribution in [3.63, 3.8) is 0 Å². The van der Waals surface area contributed by atoms with Gasteiger partial charge in [-0.1, -0.05) is 41.9 Å². The van der Waals surface area contributed by atoms with Crippen LogP contribution in [0.15, 0.2) is 48.3 Å². The fourth-order valence-electron chi connectivity index (χ4n) is 2.10. The Bertz CT molecular complexity index is 759. The van der Waals surface area contributed by atoms with Crippen LogP contribution in [0.25, 0.3) is 5.57 Å². The molecule has 0 saturated carbocycles. The predicted octanol–water partition coefficient (Wildman–Crippen LogP) is 5.69. The predicted molar refractivity (Wildman–Crippen MR) is 79.0 cm³/mol. The van der Waals surface area contributed by atoms with Gasteiger partial charge in [0.15, 0.2) is 0 Å². The Balaban J connectivity index is 2.29. The van der Waals surface area contributed by atoms with Crippen LogP contribution in [0.1, 0.15) is 11.1 Å². The van der Waals surface area contributed by atoms with E-state index in [1.807, 2.05) is 6.07 Å². The van der Waals surface area contributed by atoms with Crippen LogP contribution in [0.2, 0.25) is 5.02 Å². The molecule has 1 atom stereocenters. The van der Waals surface area contributed by atoms with E-state index >= 15 is 0 Å². The second-order valence-corrected chi connectivity index (χ2v) is 7.61. The molecule has 3 rings (SSSR count). The molecule has 0 amide bonds. The van der Waals surface area contributed by atoms with Crippen molar-refractivity contribution >= 4 is 35.1 Å². The van der Waals surface area contributed by atoms with E-state index in [9.17, 15) is 8.96 Å². The fourth-order valence-corrected chi connectivity index (χ4v) is 3.86. The van der Waals surface area contributed by atoms with E-state index in [0.29, 0.717) is 11.1 Å². The molecule has 2 nitrogen and oxygen atoms in total. The van der Waals surface area contributed by atoms with Crippen molar-refractivity contribution in [3.8, 4) is 5.75 Å². The van der Waals surface area contributed by atoms with E-state index in [1.54, 1.807) is 24.3 Å². The lowest BCUT2D eigenvalue weighted by atomic mass is 9.98. The molecule has 1 aliphatic rings. The third-order valence-electron chi connectivity index (χ3n) is 2.88. The molecule has 2 aromatic carbocycles. The van der Waals surface area contributed by atoms with Gasteiger partial charge in [0.25, 0.3) is 0 Å². The molecule has 0 saturated heterocycles. The topological polar surface area (TPSA) is 26.3 Å². The van der Waals surface area contributed by atoms with Crippen molar-refractivity contribution in [1.82, 2.24) is 0 Å². The molecule has 6 heteroatoms. The molecular formula is C14H8Cl2FO2P. The zero-order chi connectivity index (χ0) is 14.3. The molecule has 0 radical (unpaired) electrons. The van der Waals surface area contributed by atoms with Crippen molar-refractivity contribution in [2.24, 2.45) is 0 Å². The molecular weight excluding hydrogens is 321 g/mol. The first kappa shape index (κ1) is 13.7. The molecule has 20 heavy (non-hydrogen) atoms.